The first-order valence-corrected chi connectivity index (χ1v) is 6.80. The van der Waals surface area contributed by atoms with Gasteiger partial charge in [0.25, 0.3) is 0 Å². The van der Waals surface area contributed by atoms with E-state index in [1.54, 1.807) is 0 Å². The lowest BCUT2D eigenvalue weighted by molar-refractivity contribution is 0.00456. The van der Waals surface area contributed by atoms with Crippen molar-refractivity contribution in [2.45, 2.75) is 71.4 Å². The van der Waals surface area contributed by atoms with Crippen LogP contribution in [0.3, 0.4) is 0 Å². The van der Waals surface area contributed by atoms with E-state index in [9.17, 15) is 0 Å². The molecule has 1 fully saturated rings. The molecule has 0 saturated carbocycles. The summed E-state index contributed by atoms with van der Waals surface area (Å²) in [6.45, 7) is 7.92. The second kappa shape index (κ2) is 6.61. The molecule has 0 aromatic rings. The molecule has 0 radical (unpaired) electrons. The molecule has 2 atom stereocenters. The van der Waals surface area contributed by atoms with Crippen LogP contribution >= 0.6 is 0 Å². The molecular formula is C14H29NO. The van der Waals surface area contributed by atoms with Crippen LogP contribution in [0.2, 0.25) is 0 Å². The molecule has 0 amide bonds. The SMILES string of the molecule is CNC(CCC(C)(C)C)CC1CCCCO1. The van der Waals surface area contributed by atoms with Crippen molar-refractivity contribution in [3.8, 4) is 0 Å². The highest BCUT2D eigenvalue weighted by Crippen LogP contribution is 2.24. The molecule has 2 nitrogen and oxygen atoms in total. The quantitative estimate of drug-likeness (QED) is 0.777. The summed E-state index contributed by atoms with van der Waals surface area (Å²) in [7, 11) is 2.08. The van der Waals surface area contributed by atoms with Gasteiger partial charge in [0.05, 0.1) is 6.10 Å². The third-order valence-electron chi connectivity index (χ3n) is 3.47. The van der Waals surface area contributed by atoms with Crippen molar-refractivity contribution < 1.29 is 4.74 Å². The minimum Gasteiger partial charge on any atom is -0.378 e. The van der Waals surface area contributed by atoms with Crippen LogP contribution in [-0.2, 0) is 4.74 Å². The minimum absolute atomic E-state index is 0.447. The number of ether oxygens (including phenoxy) is 1. The zero-order valence-electron chi connectivity index (χ0n) is 11.5. The first kappa shape index (κ1) is 14.0. The number of hydrogen-bond donors (Lipinski definition) is 1. The highest BCUT2D eigenvalue weighted by molar-refractivity contribution is 4.75. The van der Waals surface area contributed by atoms with Crippen LogP contribution in [-0.4, -0.2) is 25.8 Å². The summed E-state index contributed by atoms with van der Waals surface area (Å²) < 4.78 is 5.80. The fraction of sp³-hybridized carbons (Fsp3) is 1.00. The molecule has 0 aromatic heterocycles. The molecule has 1 saturated heterocycles. The fourth-order valence-electron chi connectivity index (χ4n) is 2.30. The van der Waals surface area contributed by atoms with Gasteiger partial charge in [0, 0.05) is 12.6 Å². The standard InChI is InChI=1S/C14H29NO/c1-14(2,3)9-8-12(15-4)11-13-7-5-6-10-16-13/h12-13,15H,5-11H2,1-4H3. The molecular weight excluding hydrogens is 198 g/mol. The van der Waals surface area contributed by atoms with Crippen molar-refractivity contribution in [1.82, 2.24) is 5.32 Å². The molecule has 0 bridgehead atoms. The maximum Gasteiger partial charge on any atom is 0.0590 e. The Labute approximate surface area is 101 Å². The highest BCUT2D eigenvalue weighted by atomic mass is 16.5. The molecule has 0 aromatic carbocycles. The number of nitrogens with one attached hydrogen (secondary N) is 1. The van der Waals surface area contributed by atoms with Crippen molar-refractivity contribution in [1.29, 1.82) is 0 Å². The van der Waals surface area contributed by atoms with Gasteiger partial charge in [0.15, 0.2) is 0 Å². The Morgan fingerprint density at radius 1 is 1.31 bits per heavy atom. The van der Waals surface area contributed by atoms with E-state index < -0.39 is 0 Å². The molecule has 1 aliphatic rings. The summed E-state index contributed by atoms with van der Waals surface area (Å²) in [6.07, 6.45) is 8.10. The van der Waals surface area contributed by atoms with Gasteiger partial charge in [-0.15, -0.1) is 0 Å². The summed E-state index contributed by atoms with van der Waals surface area (Å²) >= 11 is 0. The van der Waals surface area contributed by atoms with E-state index in [1.807, 2.05) is 0 Å². The summed E-state index contributed by atoms with van der Waals surface area (Å²) in [5.41, 5.74) is 0.447. The molecule has 1 heterocycles. The average Bonchev–Trinajstić information content (AvgIpc) is 2.24. The summed E-state index contributed by atoms with van der Waals surface area (Å²) in [4.78, 5) is 0. The molecule has 2 unspecified atom stereocenters. The van der Waals surface area contributed by atoms with Gasteiger partial charge < -0.3 is 10.1 Å². The van der Waals surface area contributed by atoms with Crippen molar-refractivity contribution in [2.75, 3.05) is 13.7 Å². The van der Waals surface area contributed by atoms with Gasteiger partial charge in [-0.25, -0.2) is 0 Å². The Bertz CT molecular complexity index is 180. The van der Waals surface area contributed by atoms with E-state index in [1.165, 1.54) is 38.5 Å². The van der Waals surface area contributed by atoms with E-state index in [0.29, 0.717) is 17.6 Å². The molecule has 1 N–H and O–H groups in total. The lowest BCUT2D eigenvalue weighted by Crippen LogP contribution is -2.33. The van der Waals surface area contributed by atoms with E-state index >= 15 is 0 Å². The Morgan fingerprint density at radius 3 is 2.56 bits per heavy atom. The summed E-state index contributed by atoms with van der Waals surface area (Å²) in [6, 6.07) is 0.627. The first-order chi connectivity index (χ1) is 7.51. The van der Waals surface area contributed by atoms with Crippen molar-refractivity contribution in [2.24, 2.45) is 5.41 Å². The van der Waals surface area contributed by atoms with Crippen LogP contribution in [0.25, 0.3) is 0 Å². The monoisotopic (exact) mass is 227 g/mol. The van der Waals surface area contributed by atoms with Crippen LogP contribution in [0.15, 0.2) is 0 Å². The van der Waals surface area contributed by atoms with Gasteiger partial charge >= 0.3 is 0 Å². The van der Waals surface area contributed by atoms with Crippen LogP contribution in [0.1, 0.15) is 59.3 Å². The maximum atomic E-state index is 5.80. The van der Waals surface area contributed by atoms with Crippen LogP contribution in [0.4, 0.5) is 0 Å². The largest absolute Gasteiger partial charge is 0.378 e. The van der Waals surface area contributed by atoms with Crippen molar-refractivity contribution in [3.05, 3.63) is 0 Å². The normalized spacial score (nSPS) is 24.4. The Balaban J connectivity index is 2.25. The van der Waals surface area contributed by atoms with Crippen LogP contribution in [0, 0.1) is 5.41 Å². The second-order valence-corrected chi connectivity index (χ2v) is 6.31. The fourth-order valence-corrected chi connectivity index (χ4v) is 2.30. The molecule has 0 aliphatic carbocycles. The lowest BCUT2D eigenvalue weighted by atomic mass is 9.87. The highest BCUT2D eigenvalue weighted by Gasteiger charge is 2.20. The van der Waals surface area contributed by atoms with Crippen molar-refractivity contribution in [3.63, 3.8) is 0 Å². The van der Waals surface area contributed by atoms with Gasteiger partial charge in [-0.05, 0) is 51.0 Å². The minimum atomic E-state index is 0.447. The van der Waals surface area contributed by atoms with Gasteiger partial charge in [0.1, 0.15) is 0 Å². The average molecular weight is 227 g/mol. The predicted molar refractivity (Wildman–Crippen MR) is 69.7 cm³/mol. The summed E-state index contributed by atoms with van der Waals surface area (Å²) in [5, 5.41) is 3.44. The molecule has 1 rings (SSSR count). The lowest BCUT2D eigenvalue weighted by Gasteiger charge is -2.28. The Hall–Kier alpha value is -0.0800. The Kier molecular flexibility index (Phi) is 5.77. The van der Waals surface area contributed by atoms with Gasteiger partial charge in [0.2, 0.25) is 0 Å². The van der Waals surface area contributed by atoms with E-state index in [-0.39, 0.29) is 0 Å². The molecule has 16 heavy (non-hydrogen) atoms. The van der Waals surface area contributed by atoms with Gasteiger partial charge in [-0.3, -0.25) is 0 Å². The van der Waals surface area contributed by atoms with Crippen LogP contribution in [0.5, 0.6) is 0 Å². The molecule has 96 valence electrons. The maximum absolute atomic E-state index is 5.80. The third-order valence-corrected chi connectivity index (χ3v) is 3.47. The van der Waals surface area contributed by atoms with Gasteiger partial charge in [-0.2, -0.15) is 0 Å². The second-order valence-electron chi connectivity index (χ2n) is 6.31. The molecule has 2 heteroatoms. The van der Waals surface area contributed by atoms with Gasteiger partial charge in [-0.1, -0.05) is 20.8 Å². The van der Waals surface area contributed by atoms with E-state index in [0.717, 1.165) is 6.61 Å². The third kappa shape index (κ3) is 5.86. The van der Waals surface area contributed by atoms with E-state index in [4.69, 9.17) is 4.74 Å². The zero-order chi connectivity index (χ0) is 12.0. The van der Waals surface area contributed by atoms with Crippen molar-refractivity contribution >= 4 is 0 Å². The topological polar surface area (TPSA) is 21.3 Å². The summed E-state index contributed by atoms with van der Waals surface area (Å²) in [5.74, 6) is 0. The smallest absolute Gasteiger partial charge is 0.0590 e. The first-order valence-electron chi connectivity index (χ1n) is 6.80. The number of hydrogen-bond acceptors (Lipinski definition) is 2. The molecule has 0 spiro atoms. The van der Waals surface area contributed by atoms with E-state index in [2.05, 4.69) is 33.1 Å². The molecule has 1 aliphatic heterocycles. The predicted octanol–water partition coefficient (Wildman–Crippen LogP) is 3.36. The van der Waals surface area contributed by atoms with Crippen LogP contribution < -0.4 is 5.32 Å². The zero-order valence-corrected chi connectivity index (χ0v) is 11.5. The Morgan fingerprint density at radius 2 is 2.06 bits per heavy atom. The number of rotatable bonds is 5.